The highest BCUT2D eigenvalue weighted by Crippen LogP contribution is 2.31. The van der Waals surface area contributed by atoms with Crippen LogP contribution in [-0.4, -0.2) is 98.8 Å². The quantitative estimate of drug-likeness (QED) is 0.566. The van der Waals surface area contributed by atoms with Gasteiger partial charge in [-0.15, -0.1) is 10.2 Å². The van der Waals surface area contributed by atoms with Gasteiger partial charge in [0.2, 0.25) is 0 Å². The summed E-state index contributed by atoms with van der Waals surface area (Å²) in [6, 6.07) is 4.70. The van der Waals surface area contributed by atoms with E-state index in [-0.39, 0.29) is 11.8 Å². The fraction of sp³-hybridized carbons (Fsp3) is 0.708. The molecule has 0 radical (unpaired) electrons. The van der Waals surface area contributed by atoms with Crippen molar-refractivity contribution in [1.82, 2.24) is 35.4 Å². The third-order valence-corrected chi connectivity index (χ3v) is 6.73. The summed E-state index contributed by atoms with van der Waals surface area (Å²) in [7, 11) is 2.18. The number of aromatic amines is 1. The van der Waals surface area contributed by atoms with Gasteiger partial charge in [-0.2, -0.15) is 5.21 Å². The van der Waals surface area contributed by atoms with E-state index < -0.39 is 11.9 Å². The van der Waals surface area contributed by atoms with Crippen LogP contribution in [0, 0.1) is 11.8 Å². The molecule has 2 saturated heterocycles. The number of aromatic nitrogens is 5. The molecule has 10 nitrogen and oxygen atoms in total. The van der Waals surface area contributed by atoms with E-state index in [1.165, 1.54) is 0 Å². The Bertz CT molecular complexity index is 860. The van der Waals surface area contributed by atoms with Crippen LogP contribution in [0.15, 0.2) is 18.3 Å². The van der Waals surface area contributed by atoms with Gasteiger partial charge in [0.1, 0.15) is 5.82 Å². The minimum absolute atomic E-state index is 0.255. The summed E-state index contributed by atoms with van der Waals surface area (Å²) in [4.78, 5) is 24.0. The first-order valence-electron chi connectivity index (χ1n) is 12.5. The van der Waals surface area contributed by atoms with Crippen LogP contribution in [0.3, 0.4) is 0 Å². The minimum atomic E-state index is -0.825. The lowest BCUT2D eigenvalue weighted by Gasteiger charge is -2.48. The topological polar surface area (TPSA) is 114 Å². The third kappa shape index (κ3) is 6.50. The van der Waals surface area contributed by atoms with E-state index in [2.05, 4.69) is 47.4 Å². The van der Waals surface area contributed by atoms with Gasteiger partial charge in [-0.25, -0.2) is 4.98 Å². The van der Waals surface area contributed by atoms with Crippen LogP contribution in [0.5, 0.6) is 0 Å². The zero-order valence-corrected chi connectivity index (χ0v) is 21.2. The average Bonchev–Trinajstić information content (AvgIpc) is 3.33. The van der Waals surface area contributed by atoms with Gasteiger partial charge in [0.05, 0.1) is 5.92 Å². The molecular weight excluding hydrogens is 432 g/mol. The number of nitrogens with zero attached hydrogens (tertiary/aromatic N) is 7. The lowest BCUT2D eigenvalue weighted by atomic mass is 9.81. The number of pyridine rings is 1. The maximum atomic E-state index is 12.0. The summed E-state index contributed by atoms with van der Waals surface area (Å²) in [5.74, 6) is -0.0784. The molecule has 0 unspecified atom stereocenters. The molecule has 0 amide bonds. The number of anilines is 1. The minimum Gasteiger partial charge on any atom is -0.481 e. The Hall–Kier alpha value is -2.59. The van der Waals surface area contributed by atoms with E-state index in [4.69, 9.17) is 0 Å². The second kappa shape index (κ2) is 12.2. The van der Waals surface area contributed by atoms with Crippen molar-refractivity contribution in [2.45, 2.75) is 52.5 Å². The number of carboxylic acids is 1. The number of piperazine rings is 1. The first-order valence-corrected chi connectivity index (χ1v) is 12.5. The SMILES string of the molecule is CC.CC(C)C[C@H](C(=O)O)[C@H](Cc1ccc(N2CC(N3CCN(C)CC3)C2)nc1)c1nn[nH]n1. The molecule has 2 aliphatic rings. The second-order valence-corrected chi connectivity index (χ2v) is 9.58. The van der Waals surface area contributed by atoms with E-state index in [1.54, 1.807) is 0 Å². The summed E-state index contributed by atoms with van der Waals surface area (Å²) in [6.45, 7) is 14.6. The highest BCUT2D eigenvalue weighted by atomic mass is 16.4. The van der Waals surface area contributed by atoms with E-state index in [0.717, 1.165) is 50.6 Å². The average molecular weight is 473 g/mol. The number of tetrazole rings is 1. The summed E-state index contributed by atoms with van der Waals surface area (Å²) >= 11 is 0. The molecule has 4 rings (SSSR count). The molecule has 188 valence electrons. The maximum Gasteiger partial charge on any atom is 0.307 e. The maximum absolute atomic E-state index is 12.0. The van der Waals surface area contributed by atoms with Crippen molar-refractivity contribution in [1.29, 1.82) is 0 Å². The predicted octanol–water partition coefficient (Wildman–Crippen LogP) is 2.13. The first-order chi connectivity index (χ1) is 16.4. The van der Waals surface area contributed by atoms with Crippen LogP contribution in [0.1, 0.15) is 51.4 Å². The largest absolute Gasteiger partial charge is 0.481 e. The summed E-state index contributed by atoms with van der Waals surface area (Å²) < 4.78 is 0. The van der Waals surface area contributed by atoms with Crippen LogP contribution >= 0.6 is 0 Å². The van der Waals surface area contributed by atoms with Crippen molar-refractivity contribution in [2.24, 2.45) is 11.8 Å². The molecule has 2 N–H and O–H groups in total. The Morgan fingerprint density at radius 1 is 1.18 bits per heavy atom. The Morgan fingerprint density at radius 3 is 2.41 bits per heavy atom. The van der Waals surface area contributed by atoms with Gasteiger partial charge in [-0.3, -0.25) is 9.69 Å². The van der Waals surface area contributed by atoms with Gasteiger partial charge in [-0.05, 0) is 37.4 Å². The Balaban J connectivity index is 0.00000158. The highest BCUT2D eigenvalue weighted by molar-refractivity contribution is 5.71. The zero-order valence-electron chi connectivity index (χ0n) is 21.2. The van der Waals surface area contributed by atoms with Crippen molar-refractivity contribution in [3.63, 3.8) is 0 Å². The molecule has 0 bridgehead atoms. The van der Waals surface area contributed by atoms with Crippen LogP contribution in [-0.2, 0) is 11.2 Å². The summed E-state index contributed by atoms with van der Waals surface area (Å²) in [5.41, 5.74) is 0.981. The van der Waals surface area contributed by atoms with E-state index in [9.17, 15) is 9.90 Å². The standard InChI is InChI=1S/C22H34N8O2.C2H6/c1-15(2)10-19(22(31)32)18(21-24-26-27-25-21)11-16-4-5-20(23-12-16)30-13-17(14-30)29-8-6-28(3)7-9-29;1-2/h4-5,12,15,17-19H,6-11,13-14H2,1-3H3,(H,31,32)(H,24,25,26,27);1-2H3/t18-,19-;/m0./s1. The number of likely N-dealkylation sites (N-methyl/N-ethyl adjacent to an activating group) is 1. The predicted molar refractivity (Wildman–Crippen MR) is 132 cm³/mol. The molecule has 0 aromatic carbocycles. The molecule has 2 aromatic heterocycles. The second-order valence-electron chi connectivity index (χ2n) is 9.58. The fourth-order valence-corrected chi connectivity index (χ4v) is 4.72. The van der Waals surface area contributed by atoms with Crippen molar-refractivity contribution < 1.29 is 9.90 Å². The number of hydrogen-bond donors (Lipinski definition) is 2. The van der Waals surface area contributed by atoms with Crippen LogP contribution in [0.4, 0.5) is 5.82 Å². The lowest BCUT2D eigenvalue weighted by molar-refractivity contribution is -0.143. The molecule has 2 atom stereocenters. The molecule has 2 fully saturated rings. The molecule has 0 aliphatic carbocycles. The fourth-order valence-electron chi connectivity index (χ4n) is 4.72. The lowest BCUT2D eigenvalue weighted by Crippen LogP contribution is -2.63. The number of nitrogens with one attached hydrogen (secondary N) is 1. The van der Waals surface area contributed by atoms with Gasteiger partial charge in [0.15, 0.2) is 5.82 Å². The molecule has 2 aliphatic heterocycles. The third-order valence-electron chi connectivity index (χ3n) is 6.73. The van der Waals surface area contributed by atoms with Gasteiger partial charge < -0.3 is 14.9 Å². The molecule has 10 heteroatoms. The number of aliphatic carboxylic acids is 1. The smallest absolute Gasteiger partial charge is 0.307 e. The number of hydrogen-bond acceptors (Lipinski definition) is 8. The monoisotopic (exact) mass is 472 g/mol. The number of H-pyrrole nitrogens is 1. The van der Waals surface area contributed by atoms with Crippen LogP contribution in [0.25, 0.3) is 0 Å². The zero-order chi connectivity index (χ0) is 24.7. The van der Waals surface area contributed by atoms with E-state index in [1.807, 2.05) is 46.0 Å². The van der Waals surface area contributed by atoms with E-state index >= 15 is 0 Å². The molecular formula is C24H40N8O2. The molecule has 4 heterocycles. The van der Waals surface area contributed by atoms with Crippen molar-refractivity contribution >= 4 is 11.8 Å². The van der Waals surface area contributed by atoms with Crippen molar-refractivity contribution in [3.05, 3.63) is 29.7 Å². The normalized spacial score (nSPS) is 19.3. The van der Waals surface area contributed by atoms with Gasteiger partial charge in [0, 0.05) is 57.4 Å². The summed E-state index contributed by atoms with van der Waals surface area (Å²) in [5, 5.41) is 24.2. The van der Waals surface area contributed by atoms with Gasteiger partial charge >= 0.3 is 5.97 Å². The number of rotatable bonds is 9. The first kappa shape index (κ1) is 26.0. The Labute approximate surface area is 202 Å². The Kier molecular flexibility index (Phi) is 9.35. The van der Waals surface area contributed by atoms with Crippen LogP contribution in [0.2, 0.25) is 0 Å². The molecule has 0 saturated carbocycles. The highest BCUT2D eigenvalue weighted by Gasteiger charge is 2.35. The molecule has 2 aromatic rings. The van der Waals surface area contributed by atoms with Gasteiger partial charge in [0.25, 0.3) is 0 Å². The van der Waals surface area contributed by atoms with E-state index in [0.29, 0.717) is 24.7 Å². The van der Waals surface area contributed by atoms with Crippen LogP contribution < -0.4 is 4.90 Å². The summed E-state index contributed by atoms with van der Waals surface area (Å²) in [6.07, 6.45) is 2.93. The molecule has 34 heavy (non-hydrogen) atoms. The molecule has 0 spiro atoms. The van der Waals surface area contributed by atoms with Crippen molar-refractivity contribution in [3.8, 4) is 0 Å². The van der Waals surface area contributed by atoms with Gasteiger partial charge in [-0.1, -0.05) is 39.0 Å². The number of carboxylic acid groups (broad SMARTS) is 1. The number of carbonyl (C=O) groups is 1. The van der Waals surface area contributed by atoms with Crippen molar-refractivity contribution in [2.75, 3.05) is 51.2 Å². The Morgan fingerprint density at radius 2 is 1.88 bits per heavy atom.